The highest BCUT2D eigenvalue weighted by atomic mass is 35.5. The van der Waals surface area contributed by atoms with Crippen molar-refractivity contribution in [1.29, 1.82) is 0 Å². The minimum absolute atomic E-state index is 0.621. The molecule has 0 saturated carbocycles. The molecule has 0 unspecified atom stereocenters. The summed E-state index contributed by atoms with van der Waals surface area (Å²) in [6.45, 7) is 4.70. The molecule has 0 saturated heterocycles. The third kappa shape index (κ3) is 5.39. The second-order valence-electron chi connectivity index (χ2n) is 3.70. The van der Waals surface area contributed by atoms with Gasteiger partial charge in [-0.05, 0) is 37.6 Å². The van der Waals surface area contributed by atoms with Crippen LogP contribution in [-0.4, -0.2) is 26.4 Å². The van der Waals surface area contributed by atoms with Crippen molar-refractivity contribution in [2.75, 3.05) is 26.4 Å². The number of hydrogen-bond acceptors (Lipinski definition) is 3. The molecule has 0 bridgehead atoms. The maximum Gasteiger partial charge on any atom is 0.137 e. The molecule has 0 amide bonds. The van der Waals surface area contributed by atoms with Crippen LogP contribution in [0.4, 0.5) is 0 Å². The Bertz CT molecular complexity index is 331. The van der Waals surface area contributed by atoms with Crippen molar-refractivity contribution in [2.45, 2.75) is 19.8 Å². The zero-order valence-corrected chi connectivity index (χ0v) is 11.0. The molecule has 0 aromatic heterocycles. The molecule has 3 nitrogen and oxygen atoms in total. The zero-order chi connectivity index (χ0) is 12.5. The molecule has 0 radical (unpaired) electrons. The first-order chi connectivity index (χ1) is 8.27. The Morgan fingerprint density at radius 3 is 2.76 bits per heavy atom. The number of hydrogen-bond donors (Lipinski definition) is 1. The van der Waals surface area contributed by atoms with Gasteiger partial charge in [0.15, 0.2) is 0 Å². The van der Waals surface area contributed by atoms with Gasteiger partial charge in [0.05, 0.1) is 11.6 Å². The van der Waals surface area contributed by atoms with Gasteiger partial charge in [0.1, 0.15) is 5.75 Å². The molecule has 1 aromatic rings. The van der Waals surface area contributed by atoms with E-state index in [4.69, 9.17) is 26.8 Å². The van der Waals surface area contributed by atoms with Crippen LogP contribution in [0.1, 0.15) is 18.9 Å². The normalized spacial score (nSPS) is 10.5. The lowest BCUT2D eigenvalue weighted by Crippen LogP contribution is -2.04. The summed E-state index contributed by atoms with van der Waals surface area (Å²) in [7, 11) is 0. The van der Waals surface area contributed by atoms with Gasteiger partial charge in [0, 0.05) is 19.6 Å². The van der Waals surface area contributed by atoms with Crippen molar-refractivity contribution in [1.82, 2.24) is 0 Å². The van der Waals surface area contributed by atoms with E-state index in [1.807, 2.05) is 25.1 Å². The van der Waals surface area contributed by atoms with Crippen LogP contribution in [0.15, 0.2) is 18.2 Å². The molecule has 1 rings (SSSR count). The third-order valence-electron chi connectivity index (χ3n) is 2.32. The minimum atomic E-state index is 0.621. The van der Waals surface area contributed by atoms with E-state index >= 15 is 0 Å². The number of rotatable bonds is 8. The van der Waals surface area contributed by atoms with Gasteiger partial charge in [-0.3, -0.25) is 0 Å². The van der Waals surface area contributed by atoms with E-state index in [0.717, 1.165) is 37.4 Å². The van der Waals surface area contributed by atoms with Gasteiger partial charge in [-0.2, -0.15) is 0 Å². The summed E-state index contributed by atoms with van der Waals surface area (Å²) in [6.07, 6.45) is 1.71. The van der Waals surface area contributed by atoms with Gasteiger partial charge in [0.25, 0.3) is 0 Å². The van der Waals surface area contributed by atoms with Crippen molar-refractivity contribution in [2.24, 2.45) is 5.73 Å². The summed E-state index contributed by atoms with van der Waals surface area (Å²) >= 11 is 6.11. The van der Waals surface area contributed by atoms with Gasteiger partial charge in [-0.15, -0.1) is 0 Å². The van der Waals surface area contributed by atoms with Gasteiger partial charge >= 0.3 is 0 Å². The quantitative estimate of drug-likeness (QED) is 0.728. The molecule has 0 aliphatic heterocycles. The first-order valence-corrected chi connectivity index (χ1v) is 6.34. The lowest BCUT2D eigenvalue weighted by atomic mass is 10.1. The van der Waals surface area contributed by atoms with Crippen LogP contribution in [0.3, 0.4) is 0 Å². The topological polar surface area (TPSA) is 44.5 Å². The minimum Gasteiger partial charge on any atom is -0.492 e. The fourth-order valence-corrected chi connectivity index (χ4v) is 1.73. The summed E-state index contributed by atoms with van der Waals surface area (Å²) < 4.78 is 10.8. The summed E-state index contributed by atoms with van der Waals surface area (Å²) in [6, 6.07) is 5.80. The molecule has 0 atom stereocenters. The highest BCUT2D eigenvalue weighted by Crippen LogP contribution is 2.25. The predicted octanol–water partition coefficient (Wildman–Crippen LogP) is 2.65. The molecule has 0 heterocycles. The van der Waals surface area contributed by atoms with Crippen LogP contribution in [-0.2, 0) is 11.2 Å². The maximum absolute atomic E-state index is 6.11. The Morgan fingerprint density at radius 1 is 1.29 bits per heavy atom. The number of nitrogens with two attached hydrogens (primary N) is 1. The Morgan fingerprint density at radius 2 is 2.12 bits per heavy atom. The molecule has 4 heteroatoms. The number of halogens is 1. The molecular weight excluding hydrogens is 238 g/mol. The van der Waals surface area contributed by atoms with Crippen molar-refractivity contribution < 1.29 is 9.47 Å². The van der Waals surface area contributed by atoms with Crippen LogP contribution in [0.5, 0.6) is 5.75 Å². The summed E-state index contributed by atoms with van der Waals surface area (Å²) in [5.74, 6) is 0.726. The van der Waals surface area contributed by atoms with E-state index in [9.17, 15) is 0 Å². The van der Waals surface area contributed by atoms with Crippen LogP contribution in [0, 0.1) is 0 Å². The Kier molecular flexibility index (Phi) is 7.01. The van der Waals surface area contributed by atoms with E-state index in [-0.39, 0.29) is 0 Å². The molecule has 0 aliphatic carbocycles. The van der Waals surface area contributed by atoms with Crippen LogP contribution < -0.4 is 10.5 Å². The maximum atomic E-state index is 6.11. The largest absolute Gasteiger partial charge is 0.492 e. The van der Waals surface area contributed by atoms with Gasteiger partial charge in [-0.25, -0.2) is 0 Å². The van der Waals surface area contributed by atoms with Gasteiger partial charge < -0.3 is 15.2 Å². The van der Waals surface area contributed by atoms with Gasteiger partial charge in [0.2, 0.25) is 0 Å². The van der Waals surface area contributed by atoms with Crippen molar-refractivity contribution in [3.05, 3.63) is 28.8 Å². The molecular formula is C13H20ClNO2. The number of ether oxygens (including phenoxy) is 2. The summed E-state index contributed by atoms with van der Waals surface area (Å²) in [5.41, 5.74) is 6.63. The number of benzene rings is 1. The molecule has 0 aliphatic rings. The first-order valence-electron chi connectivity index (χ1n) is 5.97. The standard InChI is InChI=1S/C13H20ClNO2/c1-2-16-8-3-9-17-13-5-4-11(6-7-15)10-12(13)14/h4-5,10H,2-3,6-9,15H2,1H3. The third-order valence-corrected chi connectivity index (χ3v) is 2.62. The second kappa shape index (κ2) is 8.34. The fraction of sp³-hybridized carbons (Fsp3) is 0.538. The summed E-state index contributed by atoms with van der Waals surface area (Å²) in [5, 5.41) is 0.646. The zero-order valence-electron chi connectivity index (χ0n) is 10.2. The van der Waals surface area contributed by atoms with E-state index in [1.54, 1.807) is 0 Å². The lowest BCUT2D eigenvalue weighted by Gasteiger charge is -2.09. The molecule has 96 valence electrons. The molecule has 0 spiro atoms. The van der Waals surface area contributed by atoms with Crippen LogP contribution in [0.25, 0.3) is 0 Å². The monoisotopic (exact) mass is 257 g/mol. The van der Waals surface area contributed by atoms with Crippen LogP contribution >= 0.6 is 11.6 Å². The van der Waals surface area contributed by atoms with E-state index in [1.165, 1.54) is 0 Å². The molecule has 17 heavy (non-hydrogen) atoms. The van der Waals surface area contributed by atoms with E-state index in [0.29, 0.717) is 18.2 Å². The van der Waals surface area contributed by atoms with Crippen molar-refractivity contribution in [3.8, 4) is 5.75 Å². The Balaban J connectivity index is 2.38. The average molecular weight is 258 g/mol. The second-order valence-corrected chi connectivity index (χ2v) is 4.11. The predicted molar refractivity (Wildman–Crippen MR) is 70.8 cm³/mol. The van der Waals surface area contributed by atoms with E-state index in [2.05, 4.69) is 0 Å². The SMILES string of the molecule is CCOCCCOc1ccc(CCN)cc1Cl. The van der Waals surface area contributed by atoms with Gasteiger partial charge in [-0.1, -0.05) is 17.7 Å². The fourth-order valence-electron chi connectivity index (χ4n) is 1.47. The molecule has 1 aromatic carbocycles. The van der Waals surface area contributed by atoms with E-state index < -0.39 is 0 Å². The smallest absolute Gasteiger partial charge is 0.137 e. The lowest BCUT2D eigenvalue weighted by molar-refractivity contribution is 0.131. The summed E-state index contributed by atoms with van der Waals surface area (Å²) in [4.78, 5) is 0. The van der Waals surface area contributed by atoms with Crippen LogP contribution in [0.2, 0.25) is 5.02 Å². The first kappa shape index (κ1) is 14.3. The average Bonchev–Trinajstić information content (AvgIpc) is 2.32. The Hall–Kier alpha value is -0.770. The Labute approximate surface area is 108 Å². The highest BCUT2D eigenvalue weighted by Gasteiger charge is 2.02. The molecule has 0 fully saturated rings. The van der Waals surface area contributed by atoms with Crippen molar-refractivity contribution in [3.63, 3.8) is 0 Å². The molecule has 2 N–H and O–H groups in total. The highest BCUT2D eigenvalue weighted by molar-refractivity contribution is 6.32. The van der Waals surface area contributed by atoms with Crippen molar-refractivity contribution >= 4 is 11.6 Å².